The van der Waals surface area contributed by atoms with Gasteiger partial charge in [0.1, 0.15) is 5.75 Å². The summed E-state index contributed by atoms with van der Waals surface area (Å²) in [5, 5.41) is 0. The van der Waals surface area contributed by atoms with Crippen LogP contribution in [0.15, 0.2) is 66.9 Å². The summed E-state index contributed by atoms with van der Waals surface area (Å²) in [6.45, 7) is 4.86. The Morgan fingerprint density at radius 3 is 1.84 bits per heavy atom. The zero-order valence-corrected chi connectivity index (χ0v) is 15.0. The fourth-order valence-corrected chi connectivity index (χ4v) is 2.85. The van der Waals surface area contributed by atoms with Crippen LogP contribution in [-0.2, 0) is 19.3 Å². The van der Waals surface area contributed by atoms with Crippen molar-refractivity contribution in [2.75, 3.05) is 6.61 Å². The van der Waals surface area contributed by atoms with Crippen LogP contribution in [0.2, 0.25) is 0 Å². The molecular formula is C23H25NO. The van der Waals surface area contributed by atoms with E-state index in [9.17, 15) is 0 Å². The minimum absolute atomic E-state index is 0.710. The van der Waals surface area contributed by atoms with E-state index in [1.165, 1.54) is 22.3 Å². The maximum atomic E-state index is 5.49. The number of aryl methyl sites for hydroxylation is 3. The number of benzene rings is 2. The predicted molar refractivity (Wildman–Crippen MR) is 104 cm³/mol. The van der Waals surface area contributed by atoms with Crippen molar-refractivity contribution in [3.63, 3.8) is 0 Å². The van der Waals surface area contributed by atoms with Gasteiger partial charge in [-0.15, -0.1) is 0 Å². The van der Waals surface area contributed by atoms with Crippen molar-refractivity contribution in [3.8, 4) is 17.0 Å². The van der Waals surface area contributed by atoms with E-state index in [-0.39, 0.29) is 0 Å². The Labute approximate surface area is 150 Å². The van der Waals surface area contributed by atoms with E-state index in [0.717, 1.165) is 30.7 Å². The number of hydrogen-bond acceptors (Lipinski definition) is 2. The van der Waals surface area contributed by atoms with Crippen LogP contribution in [0.5, 0.6) is 5.75 Å². The summed E-state index contributed by atoms with van der Waals surface area (Å²) < 4.78 is 5.49. The summed E-state index contributed by atoms with van der Waals surface area (Å²) in [6, 6.07) is 21.4. The lowest BCUT2D eigenvalue weighted by Crippen LogP contribution is -1.94. The van der Waals surface area contributed by atoms with Gasteiger partial charge in [-0.05, 0) is 61.1 Å². The van der Waals surface area contributed by atoms with Crippen LogP contribution in [-0.4, -0.2) is 11.6 Å². The Balaban J connectivity index is 1.60. The van der Waals surface area contributed by atoms with Gasteiger partial charge < -0.3 is 4.74 Å². The van der Waals surface area contributed by atoms with Crippen LogP contribution in [0.4, 0.5) is 0 Å². The van der Waals surface area contributed by atoms with Crippen molar-refractivity contribution in [2.45, 2.75) is 33.1 Å². The second-order valence-corrected chi connectivity index (χ2v) is 6.18. The van der Waals surface area contributed by atoms with Crippen molar-refractivity contribution < 1.29 is 4.74 Å². The highest BCUT2D eigenvalue weighted by Crippen LogP contribution is 2.19. The predicted octanol–water partition coefficient (Wildman–Crippen LogP) is 5.49. The lowest BCUT2D eigenvalue weighted by atomic mass is 10.0. The first-order valence-corrected chi connectivity index (χ1v) is 9.04. The second kappa shape index (κ2) is 8.48. The molecule has 2 heteroatoms. The van der Waals surface area contributed by atoms with Crippen molar-refractivity contribution in [3.05, 3.63) is 83.6 Å². The van der Waals surface area contributed by atoms with E-state index in [4.69, 9.17) is 4.74 Å². The lowest BCUT2D eigenvalue weighted by molar-refractivity contribution is 0.340. The molecule has 2 nitrogen and oxygen atoms in total. The number of rotatable bonds is 7. The number of aromatic nitrogens is 1. The molecule has 0 radical (unpaired) electrons. The normalized spacial score (nSPS) is 10.6. The number of ether oxygens (including phenoxy) is 1. The first-order chi connectivity index (χ1) is 12.3. The molecule has 0 aliphatic heterocycles. The van der Waals surface area contributed by atoms with Crippen molar-refractivity contribution in [2.24, 2.45) is 0 Å². The Morgan fingerprint density at radius 1 is 0.720 bits per heavy atom. The Morgan fingerprint density at radius 2 is 1.32 bits per heavy atom. The standard InChI is InChI=1S/C23H25NO/c1-3-18-11-16-23(24-17-18)21-12-7-19(8-13-21)5-6-20-9-14-22(15-10-20)25-4-2/h7-17H,3-6H2,1-2H3. The first kappa shape index (κ1) is 17.2. The molecule has 3 rings (SSSR count). The molecule has 0 saturated carbocycles. The second-order valence-electron chi connectivity index (χ2n) is 6.18. The number of nitrogens with zero attached hydrogens (tertiary/aromatic N) is 1. The molecule has 0 fully saturated rings. The Hall–Kier alpha value is -2.61. The van der Waals surface area contributed by atoms with E-state index in [1.807, 2.05) is 25.3 Å². The highest BCUT2D eigenvalue weighted by Gasteiger charge is 2.01. The summed E-state index contributed by atoms with van der Waals surface area (Å²) >= 11 is 0. The van der Waals surface area contributed by atoms with Gasteiger partial charge in [-0.1, -0.05) is 49.4 Å². The van der Waals surface area contributed by atoms with Crippen LogP contribution >= 0.6 is 0 Å². The van der Waals surface area contributed by atoms with Gasteiger partial charge >= 0.3 is 0 Å². The lowest BCUT2D eigenvalue weighted by Gasteiger charge is -2.07. The summed E-state index contributed by atoms with van der Waals surface area (Å²) in [5.41, 5.74) is 6.17. The van der Waals surface area contributed by atoms with Gasteiger partial charge in [-0.3, -0.25) is 4.98 Å². The SMILES string of the molecule is CCOc1ccc(CCc2ccc(-c3ccc(CC)cn3)cc2)cc1. The van der Waals surface area contributed by atoms with Gasteiger partial charge in [0.25, 0.3) is 0 Å². The van der Waals surface area contributed by atoms with Gasteiger partial charge in [0.2, 0.25) is 0 Å². The first-order valence-electron chi connectivity index (χ1n) is 9.04. The largest absolute Gasteiger partial charge is 0.494 e. The maximum Gasteiger partial charge on any atom is 0.119 e. The van der Waals surface area contributed by atoms with Crippen molar-refractivity contribution >= 4 is 0 Å². The average molecular weight is 331 g/mol. The Kier molecular flexibility index (Phi) is 5.84. The zero-order chi connectivity index (χ0) is 17.5. The molecule has 0 amide bonds. The van der Waals surface area contributed by atoms with Crippen LogP contribution in [0, 0.1) is 0 Å². The monoisotopic (exact) mass is 331 g/mol. The molecule has 0 saturated heterocycles. The van der Waals surface area contributed by atoms with Gasteiger partial charge in [0, 0.05) is 11.8 Å². The van der Waals surface area contributed by atoms with E-state index < -0.39 is 0 Å². The molecule has 0 N–H and O–H groups in total. The molecule has 0 aliphatic rings. The topological polar surface area (TPSA) is 22.1 Å². The molecule has 0 spiro atoms. The van der Waals surface area contributed by atoms with Crippen LogP contribution in [0.1, 0.15) is 30.5 Å². The number of pyridine rings is 1. The summed E-state index contributed by atoms with van der Waals surface area (Å²) in [4.78, 5) is 4.55. The zero-order valence-electron chi connectivity index (χ0n) is 15.0. The van der Waals surface area contributed by atoms with Crippen LogP contribution in [0.3, 0.4) is 0 Å². The molecule has 0 atom stereocenters. The molecule has 25 heavy (non-hydrogen) atoms. The molecule has 128 valence electrons. The molecule has 0 aliphatic carbocycles. The van der Waals surface area contributed by atoms with Gasteiger partial charge in [0.15, 0.2) is 0 Å². The molecular weight excluding hydrogens is 306 g/mol. The van der Waals surface area contributed by atoms with E-state index >= 15 is 0 Å². The third-order valence-corrected chi connectivity index (χ3v) is 4.42. The molecule has 1 aromatic heterocycles. The quantitative estimate of drug-likeness (QED) is 0.571. The third-order valence-electron chi connectivity index (χ3n) is 4.42. The molecule has 0 unspecified atom stereocenters. The highest BCUT2D eigenvalue weighted by molar-refractivity contribution is 5.59. The minimum Gasteiger partial charge on any atom is -0.494 e. The number of hydrogen-bond donors (Lipinski definition) is 0. The van der Waals surface area contributed by atoms with Crippen LogP contribution < -0.4 is 4.74 Å². The van der Waals surface area contributed by atoms with Gasteiger partial charge in [-0.25, -0.2) is 0 Å². The van der Waals surface area contributed by atoms with Crippen molar-refractivity contribution in [1.29, 1.82) is 0 Å². The van der Waals surface area contributed by atoms with E-state index in [2.05, 4.69) is 60.4 Å². The highest BCUT2D eigenvalue weighted by atomic mass is 16.5. The van der Waals surface area contributed by atoms with E-state index in [0.29, 0.717) is 6.61 Å². The molecule has 3 aromatic rings. The molecule has 1 heterocycles. The van der Waals surface area contributed by atoms with Crippen LogP contribution in [0.25, 0.3) is 11.3 Å². The smallest absolute Gasteiger partial charge is 0.119 e. The van der Waals surface area contributed by atoms with Gasteiger partial charge in [-0.2, -0.15) is 0 Å². The molecule has 0 bridgehead atoms. The van der Waals surface area contributed by atoms with Crippen molar-refractivity contribution in [1.82, 2.24) is 4.98 Å². The summed E-state index contributed by atoms with van der Waals surface area (Å²) in [6.07, 6.45) is 5.07. The minimum atomic E-state index is 0.710. The third kappa shape index (κ3) is 4.69. The maximum absolute atomic E-state index is 5.49. The molecule has 2 aromatic carbocycles. The summed E-state index contributed by atoms with van der Waals surface area (Å²) in [7, 11) is 0. The average Bonchev–Trinajstić information content (AvgIpc) is 2.68. The fraction of sp³-hybridized carbons (Fsp3) is 0.261. The van der Waals surface area contributed by atoms with Gasteiger partial charge in [0.05, 0.1) is 12.3 Å². The fourth-order valence-electron chi connectivity index (χ4n) is 2.85. The van der Waals surface area contributed by atoms with E-state index in [1.54, 1.807) is 0 Å². The Bertz CT molecular complexity index is 774. The summed E-state index contributed by atoms with van der Waals surface area (Å²) in [5.74, 6) is 0.942.